The average Bonchev–Trinajstić information content (AvgIpc) is 2.38. The molecule has 0 unspecified atom stereocenters. The summed E-state index contributed by atoms with van der Waals surface area (Å²) in [5.41, 5.74) is 0.230. The van der Waals surface area contributed by atoms with Gasteiger partial charge in [0, 0.05) is 12.3 Å². The number of nitrogens with one attached hydrogen (secondary N) is 1. The Labute approximate surface area is 124 Å². The van der Waals surface area contributed by atoms with E-state index >= 15 is 0 Å². The van der Waals surface area contributed by atoms with E-state index in [1.54, 1.807) is 0 Å². The maximum absolute atomic E-state index is 12.1. The van der Waals surface area contributed by atoms with Gasteiger partial charge in [0.25, 0.3) is 0 Å². The highest BCUT2D eigenvalue weighted by atomic mass is 32.2. The molecule has 9 heteroatoms. The van der Waals surface area contributed by atoms with E-state index in [1.807, 2.05) is 0 Å². The molecular formula is C12H17NO6S2. The van der Waals surface area contributed by atoms with Crippen LogP contribution < -0.4 is 4.72 Å². The summed E-state index contributed by atoms with van der Waals surface area (Å²) in [4.78, 5) is 10.7. The van der Waals surface area contributed by atoms with Crippen molar-refractivity contribution in [3.63, 3.8) is 0 Å². The maximum atomic E-state index is 12.1. The van der Waals surface area contributed by atoms with Crippen LogP contribution in [0.15, 0.2) is 23.1 Å². The molecule has 0 bridgehead atoms. The summed E-state index contributed by atoms with van der Waals surface area (Å²) in [6, 6.07) is 3.74. The molecule has 0 amide bonds. The van der Waals surface area contributed by atoms with Gasteiger partial charge >= 0.3 is 5.97 Å². The number of aromatic carboxylic acids is 1. The zero-order valence-corrected chi connectivity index (χ0v) is 13.3. The van der Waals surface area contributed by atoms with Crippen molar-refractivity contribution < 1.29 is 26.7 Å². The van der Waals surface area contributed by atoms with Crippen molar-refractivity contribution in [2.24, 2.45) is 0 Å². The van der Waals surface area contributed by atoms with Gasteiger partial charge in [0.05, 0.1) is 16.2 Å². The normalized spacial score (nSPS) is 12.3. The van der Waals surface area contributed by atoms with Gasteiger partial charge in [-0.3, -0.25) is 0 Å². The van der Waals surface area contributed by atoms with Crippen LogP contribution in [0.3, 0.4) is 0 Å². The van der Waals surface area contributed by atoms with Crippen molar-refractivity contribution in [3.05, 3.63) is 29.3 Å². The zero-order valence-electron chi connectivity index (χ0n) is 11.7. The number of sulfonamides is 1. The Balaban J connectivity index is 2.98. The lowest BCUT2D eigenvalue weighted by Gasteiger charge is -2.10. The smallest absolute Gasteiger partial charge is 0.335 e. The second kappa shape index (κ2) is 6.54. The van der Waals surface area contributed by atoms with E-state index in [9.17, 15) is 21.6 Å². The summed E-state index contributed by atoms with van der Waals surface area (Å²) in [5, 5.41) is 8.89. The van der Waals surface area contributed by atoms with E-state index in [-0.39, 0.29) is 28.5 Å². The summed E-state index contributed by atoms with van der Waals surface area (Å²) in [6.45, 7) is 2.75. The van der Waals surface area contributed by atoms with Gasteiger partial charge in [-0.15, -0.1) is 0 Å². The van der Waals surface area contributed by atoms with Crippen molar-refractivity contribution in [1.29, 1.82) is 0 Å². The van der Waals surface area contributed by atoms with Crippen LogP contribution in [0.5, 0.6) is 0 Å². The minimum Gasteiger partial charge on any atom is -0.478 e. The molecule has 0 heterocycles. The van der Waals surface area contributed by atoms with Gasteiger partial charge in [0.2, 0.25) is 10.0 Å². The van der Waals surface area contributed by atoms with Crippen LogP contribution in [0.1, 0.15) is 22.8 Å². The van der Waals surface area contributed by atoms with Crippen LogP contribution in [0, 0.1) is 6.92 Å². The van der Waals surface area contributed by atoms with Gasteiger partial charge in [0.1, 0.15) is 0 Å². The molecule has 0 fully saturated rings. The highest BCUT2D eigenvalue weighted by Gasteiger charge is 2.19. The molecule has 0 spiro atoms. The quantitative estimate of drug-likeness (QED) is 0.745. The molecule has 0 saturated carbocycles. The Morgan fingerprint density at radius 2 is 1.86 bits per heavy atom. The first-order valence-electron chi connectivity index (χ1n) is 6.13. The molecule has 0 atom stereocenters. The van der Waals surface area contributed by atoms with Gasteiger partial charge in [-0.2, -0.15) is 0 Å². The molecule has 2 N–H and O–H groups in total. The number of sulfone groups is 1. The molecular weight excluding hydrogens is 318 g/mol. The third-order valence-electron chi connectivity index (χ3n) is 2.87. The molecule has 0 aliphatic rings. The van der Waals surface area contributed by atoms with Gasteiger partial charge in [-0.1, -0.05) is 13.0 Å². The number of hydrogen-bond acceptors (Lipinski definition) is 5. The topological polar surface area (TPSA) is 118 Å². The third kappa shape index (κ3) is 4.80. The van der Waals surface area contributed by atoms with Gasteiger partial charge in [0.15, 0.2) is 9.84 Å². The Bertz CT molecular complexity index is 737. The predicted octanol–water partition coefficient (Wildman–Crippen LogP) is 0.406. The summed E-state index contributed by atoms with van der Waals surface area (Å²) in [6.07, 6.45) is 0. The van der Waals surface area contributed by atoms with Crippen LogP contribution in [0.2, 0.25) is 0 Å². The lowest BCUT2D eigenvalue weighted by Crippen LogP contribution is -2.30. The first kappa shape index (κ1) is 17.6. The Morgan fingerprint density at radius 1 is 1.24 bits per heavy atom. The second-order valence-electron chi connectivity index (χ2n) is 4.42. The van der Waals surface area contributed by atoms with Crippen LogP contribution in [0.25, 0.3) is 0 Å². The SMILES string of the molecule is CCS(=O)(=O)CCNS(=O)(=O)c1cc(C(=O)O)ccc1C. The molecule has 0 aliphatic heterocycles. The van der Waals surface area contributed by atoms with Gasteiger partial charge in [-0.05, 0) is 24.6 Å². The first-order chi connectivity index (χ1) is 9.59. The maximum Gasteiger partial charge on any atom is 0.335 e. The molecule has 0 radical (unpaired) electrons. The van der Waals surface area contributed by atoms with E-state index in [0.717, 1.165) is 6.07 Å². The molecule has 1 rings (SSSR count). The molecule has 1 aromatic carbocycles. The van der Waals surface area contributed by atoms with Crippen LogP contribution >= 0.6 is 0 Å². The largest absolute Gasteiger partial charge is 0.478 e. The molecule has 0 aliphatic carbocycles. The van der Waals surface area contributed by atoms with Crippen LogP contribution in [-0.4, -0.2) is 46.0 Å². The minimum absolute atomic E-state index is 0.0672. The number of benzene rings is 1. The second-order valence-corrected chi connectivity index (χ2v) is 8.63. The average molecular weight is 335 g/mol. The third-order valence-corrected chi connectivity index (χ3v) is 6.18. The van der Waals surface area contributed by atoms with Gasteiger partial charge in [-0.25, -0.2) is 26.4 Å². The van der Waals surface area contributed by atoms with E-state index < -0.39 is 25.8 Å². The van der Waals surface area contributed by atoms with Crippen LogP contribution in [0.4, 0.5) is 0 Å². The number of carboxylic acids is 1. The van der Waals surface area contributed by atoms with Crippen molar-refractivity contribution >= 4 is 25.8 Å². The van der Waals surface area contributed by atoms with E-state index in [4.69, 9.17) is 5.11 Å². The fourth-order valence-corrected chi connectivity index (χ4v) is 3.71. The van der Waals surface area contributed by atoms with Gasteiger partial charge < -0.3 is 5.11 Å². The lowest BCUT2D eigenvalue weighted by atomic mass is 10.1. The number of hydrogen-bond donors (Lipinski definition) is 2. The Morgan fingerprint density at radius 3 is 2.38 bits per heavy atom. The summed E-state index contributed by atoms with van der Waals surface area (Å²) in [5.74, 6) is -1.61. The van der Waals surface area contributed by atoms with E-state index in [0.29, 0.717) is 5.56 Å². The fourth-order valence-electron chi connectivity index (χ4n) is 1.58. The number of carboxylic acid groups (broad SMARTS) is 1. The fraction of sp³-hybridized carbons (Fsp3) is 0.417. The van der Waals surface area contributed by atoms with E-state index in [2.05, 4.69) is 4.72 Å². The number of carbonyl (C=O) groups is 1. The molecule has 0 aromatic heterocycles. The summed E-state index contributed by atoms with van der Waals surface area (Å²) >= 11 is 0. The molecule has 7 nitrogen and oxygen atoms in total. The van der Waals surface area contributed by atoms with Crippen molar-refractivity contribution in [3.8, 4) is 0 Å². The minimum atomic E-state index is -3.96. The lowest BCUT2D eigenvalue weighted by molar-refractivity contribution is 0.0696. The summed E-state index contributed by atoms with van der Waals surface area (Å²) < 4.78 is 49.0. The standard InChI is InChI=1S/C12H17NO6S2/c1-3-20(16,17)7-6-13-21(18,19)11-8-10(12(14)15)5-4-9(11)2/h4-5,8,13H,3,6-7H2,1-2H3,(H,14,15). The number of rotatable bonds is 7. The van der Waals surface area contributed by atoms with Crippen molar-refractivity contribution in [2.75, 3.05) is 18.1 Å². The van der Waals surface area contributed by atoms with E-state index in [1.165, 1.54) is 26.0 Å². The summed E-state index contributed by atoms with van der Waals surface area (Å²) in [7, 11) is -7.23. The Hall–Kier alpha value is -1.45. The first-order valence-corrected chi connectivity index (χ1v) is 9.43. The molecule has 0 saturated heterocycles. The Kier molecular flexibility index (Phi) is 5.48. The van der Waals surface area contributed by atoms with Crippen molar-refractivity contribution in [2.45, 2.75) is 18.7 Å². The highest BCUT2D eigenvalue weighted by molar-refractivity contribution is 7.91. The molecule has 21 heavy (non-hydrogen) atoms. The monoisotopic (exact) mass is 335 g/mol. The number of aryl methyl sites for hydroxylation is 1. The van der Waals surface area contributed by atoms with Crippen LogP contribution in [-0.2, 0) is 19.9 Å². The predicted molar refractivity (Wildman–Crippen MR) is 77.7 cm³/mol. The molecule has 118 valence electrons. The molecule has 1 aromatic rings. The highest BCUT2D eigenvalue weighted by Crippen LogP contribution is 2.17. The van der Waals surface area contributed by atoms with Crippen molar-refractivity contribution in [1.82, 2.24) is 4.72 Å². The zero-order chi connectivity index (χ0) is 16.3.